The first-order chi connectivity index (χ1) is 11.3. The third-order valence-electron chi connectivity index (χ3n) is 4.36. The van der Waals surface area contributed by atoms with E-state index in [-0.39, 0.29) is 11.4 Å². The molecule has 0 aliphatic carbocycles. The van der Waals surface area contributed by atoms with Crippen molar-refractivity contribution < 1.29 is 4.39 Å². The minimum atomic E-state index is -0.331. The predicted molar refractivity (Wildman–Crippen MR) is 97.6 cm³/mol. The summed E-state index contributed by atoms with van der Waals surface area (Å²) >= 11 is 1.64. The first-order valence-corrected chi connectivity index (χ1v) is 8.63. The van der Waals surface area contributed by atoms with E-state index in [1.165, 1.54) is 17.0 Å². The number of rotatable bonds is 4. The molecule has 0 saturated carbocycles. The van der Waals surface area contributed by atoms with Crippen LogP contribution in [0.2, 0.25) is 0 Å². The molecular weight excluding hydrogens is 323 g/mol. The van der Waals surface area contributed by atoms with Crippen molar-refractivity contribution >= 4 is 27.4 Å². The zero-order valence-corrected chi connectivity index (χ0v) is 15.1. The van der Waals surface area contributed by atoms with Gasteiger partial charge in [0.15, 0.2) is 0 Å². The van der Waals surface area contributed by atoms with Crippen LogP contribution in [0.25, 0.3) is 10.2 Å². The Labute approximate surface area is 144 Å². The highest BCUT2D eigenvalue weighted by Gasteiger charge is 2.21. The number of aryl methyl sites for hydroxylation is 2. The number of hydrogen-bond acceptors (Lipinski definition) is 5. The van der Waals surface area contributed by atoms with Gasteiger partial charge < -0.3 is 11.1 Å². The Morgan fingerprint density at radius 3 is 2.50 bits per heavy atom. The van der Waals surface area contributed by atoms with E-state index in [0.717, 1.165) is 21.3 Å². The molecule has 126 valence electrons. The van der Waals surface area contributed by atoms with Crippen LogP contribution in [-0.4, -0.2) is 9.97 Å². The third-order valence-corrected chi connectivity index (χ3v) is 5.46. The predicted octanol–water partition coefficient (Wildman–Crippen LogP) is 4.05. The van der Waals surface area contributed by atoms with E-state index in [2.05, 4.69) is 22.2 Å². The smallest absolute Gasteiger partial charge is 0.146 e. The maximum atomic E-state index is 13.1. The van der Waals surface area contributed by atoms with Gasteiger partial charge in [-0.3, -0.25) is 0 Å². The van der Waals surface area contributed by atoms with Crippen molar-refractivity contribution in [1.82, 2.24) is 15.3 Å². The molecule has 0 bridgehead atoms. The number of fused-ring (bicyclic) bond motifs is 1. The summed E-state index contributed by atoms with van der Waals surface area (Å²) in [5.41, 5.74) is 7.95. The molecule has 0 unspecified atom stereocenters. The number of aromatic nitrogens is 2. The Bertz CT molecular complexity index is 884. The van der Waals surface area contributed by atoms with Gasteiger partial charge in [0.25, 0.3) is 0 Å². The molecule has 0 amide bonds. The van der Waals surface area contributed by atoms with Crippen LogP contribution in [0.4, 0.5) is 10.2 Å². The topological polar surface area (TPSA) is 63.8 Å². The monoisotopic (exact) mass is 344 g/mol. The van der Waals surface area contributed by atoms with Gasteiger partial charge in [0.2, 0.25) is 0 Å². The second-order valence-electron chi connectivity index (χ2n) is 6.47. The Kier molecular flexibility index (Phi) is 4.27. The normalized spacial score (nSPS) is 12.0. The van der Waals surface area contributed by atoms with E-state index in [0.29, 0.717) is 18.2 Å². The van der Waals surface area contributed by atoms with E-state index < -0.39 is 0 Å². The minimum Gasteiger partial charge on any atom is -0.383 e. The number of nitrogens with two attached hydrogens (primary N) is 1. The Balaban J connectivity index is 1.83. The molecule has 0 fully saturated rings. The second kappa shape index (κ2) is 6.11. The highest BCUT2D eigenvalue weighted by molar-refractivity contribution is 7.18. The molecule has 0 aliphatic rings. The fraction of sp³-hybridized carbons (Fsp3) is 0.333. The van der Waals surface area contributed by atoms with Crippen LogP contribution in [0.15, 0.2) is 24.3 Å². The van der Waals surface area contributed by atoms with Crippen LogP contribution >= 0.6 is 11.3 Å². The molecule has 0 aliphatic heterocycles. The Hall–Kier alpha value is -2.05. The number of anilines is 1. The van der Waals surface area contributed by atoms with Crippen LogP contribution in [0.1, 0.15) is 35.7 Å². The molecule has 24 heavy (non-hydrogen) atoms. The van der Waals surface area contributed by atoms with Crippen molar-refractivity contribution in [3.8, 4) is 0 Å². The molecule has 2 heterocycles. The van der Waals surface area contributed by atoms with Crippen LogP contribution < -0.4 is 11.1 Å². The van der Waals surface area contributed by atoms with Gasteiger partial charge in [0.1, 0.15) is 22.3 Å². The SMILES string of the molecule is Cc1sc2nc(CNC(C)(C)c3ccc(F)cc3)nc(N)c2c1C. The van der Waals surface area contributed by atoms with Crippen LogP contribution in [-0.2, 0) is 12.1 Å². The number of nitrogens with zero attached hydrogens (tertiary/aromatic N) is 2. The van der Waals surface area contributed by atoms with Crippen LogP contribution in [0, 0.1) is 19.7 Å². The maximum Gasteiger partial charge on any atom is 0.146 e. The lowest BCUT2D eigenvalue weighted by Crippen LogP contribution is -2.36. The summed E-state index contributed by atoms with van der Waals surface area (Å²) in [6, 6.07) is 6.51. The lowest BCUT2D eigenvalue weighted by Gasteiger charge is -2.26. The first kappa shape index (κ1) is 16.8. The van der Waals surface area contributed by atoms with Gasteiger partial charge in [0.05, 0.1) is 11.9 Å². The molecule has 2 aromatic heterocycles. The van der Waals surface area contributed by atoms with E-state index >= 15 is 0 Å². The van der Waals surface area contributed by atoms with Gasteiger partial charge in [-0.1, -0.05) is 12.1 Å². The summed E-state index contributed by atoms with van der Waals surface area (Å²) in [4.78, 5) is 11.2. The molecular formula is C18H21FN4S. The second-order valence-corrected chi connectivity index (χ2v) is 7.68. The van der Waals surface area contributed by atoms with Gasteiger partial charge in [-0.2, -0.15) is 0 Å². The fourth-order valence-corrected chi connectivity index (χ4v) is 3.73. The fourth-order valence-electron chi connectivity index (χ4n) is 2.67. The van der Waals surface area contributed by atoms with Gasteiger partial charge in [-0.05, 0) is 51.0 Å². The van der Waals surface area contributed by atoms with Crippen molar-refractivity contribution in [2.75, 3.05) is 5.73 Å². The van der Waals surface area contributed by atoms with E-state index in [1.807, 2.05) is 20.8 Å². The lowest BCUT2D eigenvalue weighted by atomic mass is 9.94. The van der Waals surface area contributed by atoms with E-state index in [9.17, 15) is 4.39 Å². The van der Waals surface area contributed by atoms with Gasteiger partial charge >= 0.3 is 0 Å². The molecule has 0 atom stereocenters. The highest BCUT2D eigenvalue weighted by Crippen LogP contribution is 2.32. The summed E-state index contributed by atoms with van der Waals surface area (Å²) in [5, 5.41) is 4.38. The van der Waals surface area contributed by atoms with Crippen molar-refractivity contribution in [2.45, 2.75) is 39.8 Å². The van der Waals surface area contributed by atoms with Crippen molar-refractivity contribution in [3.05, 3.63) is 51.9 Å². The molecule has 0 spiro atoms. The number of nitrogen functional groups attached to an aromatic ring is 1. The Morgan fingerprint density at radius 2 is 1.83 bits per heavy atom. The molecule has 6 heteroatoms. The summed E-state index contributed by atoms with van der Waals surface area (Å²) in [6.07, 6.45) is 0. The van der Waals surface area contributed by atoms with E-state index in [4.69, 9.17) is 5.73 Å². The zero-order valence-electron chi connectivity index (χ0n) is 14.3. The summed E-state index contributed by atoms with van der Waals surface area (Å²) in [6.45, 7) is 8.68. The molecule has 1 aromatic carbocycles. The molecule has 0 radical (unpaired) electrons. The standard InChI is InChI=1S/C18H21FN4S/c1-10-11(2)24-17-15(10)16(20)22-14(23-17)9-21-18(3,4)12-5-7-13(19)8-6-12/h5-8,21H,9H2,1-4H3,(H2,20,22,23). The largest absolute Gasteiger partial charge is 0.383 e. The van der Waals surface area contributed by atoms with Gasteiger partial charge in [0, 0.05) is 10.4 Å². The molecule has 0 saturated heterocycles. The molecule has 4 nitrogen and oxygen atoms in total. The highest BCUT2D eigenvalue weighted by atomic mass is 32.1. The van der Waals surface area contributed by atoms with Crippen molar-refractivity contribution in [2.24, 2.45) is 0 Å². The zero-order chi connectivity index (χ0) is 17.5. The summed E-state index contributed by atoms with van der Waals surface area (Å²) < 4.78 is 13.1. The summed E-state index contributed by atoms with van der Waals surface area (Å²) in [5.74, 6) is 0.953. The number of thiophene rings is 1. The Morgan fingerprint density at radius 1 is 1.17 bits per heavy atom. The molecule has 3 aromatic rings. The number of halogens is 1. The first-order valence-electron chi connectivity index (χ1n) is 7.81. The maximum absolute atomic E-state index is 13.1. The summed E-state index contributed by atoms with van der Waals surface area (Å²) in [7, 11) is 0. The molecule has 3 rings (SSSR count). The number of hydrogen-bond donors (Lipinski definition) is 2. The van der Waals surface area contributed by atoms with Gasteiger partial charge in [-0.15, -0.1) is 11.3 Å². The molecule has 3 N–H and O–H groups in total. The van der Waals surface area contributed by atoms with Crippen molar-refractivity contribution in [1.29, 1.82) is 0 Å². The number of benzene rings is 1. The van der Waals surface area contributed by atoms with Gasteiger partial charge in [-0.25, -0.2) is 14.4 Å². The van der Waals surface area contributed by atoms with Crippen molar-refractivity contribution in [3.63, 3.8) is 0 Å². The lowest BCUT2D eigenvalue weighted by molar-refractivity contribution is 0.395. The minimum absolute atomic E-state index is 0.237. The average molecular weight is 344 g/mol. The number of nitrogens with one attached hydrogen (secondary N) is 1. The quantitative estimate of drug-likeness (QED) is 0.749. The van der Waals surface area contributed by atoms with E-state index in [1.54, 1.807) is 23.5 Å². The van der Waals surface area contributed by atoms with Crippen LogP contribution in [0.3, 0.4) is 0 Å². The average Bonchev–Trinajstić information content (AvgIpc) is 2.81. The van der Waals surface area contributed by atoms with Crippen LogP contribution in [0.5, 0.6) is 0 Å². The third kappa shape index (κ3) is 3.12.